The van der Waals surface area contributed by atoms with Crippen molar-refractivity contribution >= 4 is 13.7 Å². The number of aliphatic hydroxyl groups excluding tert-OH is 1. The fraction of sp³-hybridized carbons (Fsp3) is 0.795. The van der Waals surface area contributed by atoms with Gasteiger partial charge in [0.1, 0.15) is 13.2 Å². The van der Waals surface area contributed by atoms with Crippen molar-refractivity contribution in [3.63, 3.8) is 0 Å². The van der Waals surface area contributed by atoms with Crippen LogP contribution in [-0.2, 0) is 18.4 Å². The molecule has 0 aliphatic rings. The van der Waals surface area contributed by atoms with Crippen LogP contribution in [0.3, 0.4) is 0 Å². The summed E-state index contributed by atoms with van der Waals surface area (Å²) in [5, 5.41) is 14.2. The lowest BCUT2D eigenvalue weighted by atomic mass is 10.0. The van der Waals surface area contributed by atoms with Crippen molar-refractivity contribution in [1.29, 1.82) is 0 Å². The molecule has 478 valence electrons. The van der Waals surface area contributed by atoms with Gasteiger partial charge in [0.15, 0.2) is 0 Å². The van der Waals surface area contributed by atoms with Crippen LogP contribution in [0.1, 0.15) is 322 Å². The van der Waals surface area contributed by atoms with Crippen molar-refractivity contribution in [3.05, 3.63) is 85.1 Å². The quantitative estimate of drug-likeness (QED) is 0.0243. The minimum atomic E-state index is -4.34. The molecule has 1 amide bonds. The number of hydrogen-bond donors (Lipinski definition) is 3. The van der Waals surface area contributed by atoms with E-state index in [9.17, 15) is 19.4 Å². The number of carbonyl (C=O) groups excluding carboxylic acids is 1. The van der Waals surface area contributed by atoms with Gasteiger partial charge in [-0.3, -0.25) is 13.8 Å². The number of aliphatic hydroxyl groups is 1. The van der Waals surface area contributed by atoms with Crippen LogP contribution >= 0.6 is 7.82 Å². The van der Waals surface area contributed by atoms with Crippen LogP contribution < -0.4 is 5.32 Å². The van der Waals surface area contributed by atoms with Crippen LogP contribution in [0.2, 0.25) is 0 Å². The molecule has 0 heterocycles. The molecule has 0 bridgehead atoms. The normalized spacial score (nSPS) is 14.2. The van der Waals surface area contributed by atoms with E-state index in [2.05, 4.69) is 104 Å². The Kier molecular flexibility index (Phi) is 61.4. The van der Waals surface area contributed by atoms with Gasteiger partial charge < -0.3 is 19.8 Å². The second-order valence-corrected chi connectivity index (χ2v) is 26.3. The zero-order chi connectivity index (χ0) is 59.8. The van der Waals surface area contributed by atoms with Crippen molar-refractivity contribution in [1.82, 2.24) is 5.32 Å². The third-order valence-corrected chi connectivity index (χ3v) is 16.6. The predicted molar refractivity (Wildman–Crippen MR) is 360 cm³/mol. The number of phosphoric acid groups is 1. The summed E-state index contributed by atoms with van der Waals surface area (Å²) in [5.41, 5.74) is 0. The fourth-order valence-corrected chi connectivity index (χ4v) is 11.0. The van der Waals surface area contributed by atoms with Crippen LogP contribution in [-0.4, -0.2) is 73.4 Å². The molecule has 0 saturated carbocycles. The third kappa shape index (κ3) is 65.2. The maximum Gasteiger partial charge on any atom is 0.472 e. The van der Waals surface area contributed by atoms with E-state index >= 15 is 0 Å². The summed E-state index contributed by atoms with van der Waals surface area (Å²) in [4.78, 5) is 23.5. The van der Waals surface area contributed by atoms with E-state index in [1.807, 2.05) is 21.1 Å². The molecule has 9 heteroatoms. The van der Waals surface area contributed by atoms with E-state index in [4.69, 9.17) is 9.05 Å². The number of likely N-dealkylation sites (N-methyl/N-ethyl adjacent to an activating group) is 1. The van der Waals surface area contributed by atoms with Crippen LogP contribution in [0.4, 0.5) is 0 Å². The van der Waals surface area contributed by atoms with Crippen LogP contribution in [0.5, 0.6) is 0 Å². The number of nitrogens with one attached hydrogen (secondary N) is 1. The van der Waals surface area contributed by atoms with Crippen molar-refractivity contribution in [2.24, 2.45) is 0 Å². The Bertz CT molecular complexity index is 1610. The number of amides is 1. The summed E-state index contributed by atoms with van der Waals surface area (Å²) in [6, 6.07) is -0.771. The standard InChI is InChI=1S/C73H135N2O6P/c1-6-8-10-12-14-16-18-20-22-24-26-28-30-32-34-36-37-39-41-43-45-47-49-51-53-55-57-59-61-63-65-67-73(77)74-71(70-81-82(78,79)80-69-68-75(3,4)5)72(76)66-64-62-60-58-56-54-52-50-48-46-44-42-40-38-35-33-31-29-27-25-23-21-19-17-15-13-11-9-7-2/h8,10,14,16,20,22,26,28,32,34,37,39,43,45,71-72,76H,6-7,9,11-13,15,17-19,21,23-25,27,29-31,33,35-36,38,40-42,44,46-70H2,1-5H3,(H-,74,77,78,79)/p+1/b10-8-,16-14-,22-20-,28-26-,34-32-,39-37-,45-43-. The van der Waals surface area contributed by atoms with Crippen molar-refractivity contribution in [3.8, 4) is 0 Å². The topological polar surface area (TPSA) is 105 Å². The number of rotatable bonds is 64. The molecule has 3 unspecified atom stereocenters. The highest BCUT2D eigenvalue weighted by Crippen LogP contribution is 2.43. The van der Waals surface area contributed by atoms with Gasteiger partial charge in [0.25, 0.3) is 0 Å². The molecule has 0 spiro atoms. The first-order valence-corrected chi connectivity index (χ1v) is 36.4. The zero-order valence-electron chi connectivity index (χ0n) is 54.7. The second-order valence-electron chi connectivity index (χ2n) is 24.9. The SMILES string of the molecule is CC/C=C\C/C=C\C/C=C\C/C=C\C/C=C\C/C=C\C/C=C\CCCCCCCCCCCC(=O)NC(COP(=O)(O)OCC[N+](C)(C)C)C(O)CCCCCCCCCCCCCCCCCCCCCCCCCCCCCCC. The highest BCUT2D eigenvalue weighted by Gasteiger charge is 2.28. The van der Waals surface area contributed by atoms with Crippen molar-refractivity contribution < 1.29 is 32.9 Å². The highest BCUT2D eigenvalue weighted by molar-refractivity contribution is 7.47. The number of quaternary nitrogens is 1. The Morgan fingerprint density at radius 2 is 0.732 bits per heavy atom. The molecule has 0 fully saturated rings. The first kappa shape index (κ1) is 79.7. The summed E-state index contributed by atoms with van der Waals surface area (Å²) in [6.45, 7) is 4.80. The molecule has 0 aromatic carbocycles. The maximum absolute atomic E-state index is 13.1. The zero-order valence-corrected chi connectivity index (χ0v) is 55.6. The lowest BCUT2D eigenvalue weighted by Crippen LogP contribution is -2.46. The number of nitrogens with zero attached hydrogens (tertiary/aromatic N) is 1. The first-order chi connectivity index (χ1) is 40.0. The van der Waals surface area contributed by atoms with E-state index in [-0.39, 0.29) is 19.1 Å². The van der Waals surface area contributed by atoms with Gasteiger partial charge in [-0.1, -0.05) is 330 Å². The Morgan fingerprint density at radius 3 is 1.07 bits per heavy atom. The lowest BCUT2D eigenvalue weighted by molar-refractivity contribution is -0.870. The first-order valence-electron chi connectivity index (χ1n) is 35.0. The van der Waals surface area contributed by atoms with Gasteiger partial charge in [-0.05, 0) is 70.6 Å². The predicted octanol–water partition coefficient (Wildman–Crippen LogP) is 22.3. The van der Waals surface area contributed by atoms with Gasteiger partial charge in [-0.15, -0.1) is 0 Å². The summed E-state index contributed by atoms with van der Waals surface area (Å²) in [6.07, 6.45) is 89.6. The Hall–Kier alpha value is -2.32. The van der Waals surface area contributed by atoms with Gasteiger partial charge in [-0.25, -0.2) is 4.57 Å². The van der Waals surface area contributed by atoms with Gasteiger partial charge in [0, 0.05) is 6.42 Å². The van der Waals surface area contributed by atoms with Crippen LogP contribution in [0, 0.1) is 0 Å². The Morgan fingerprint density at radius 1 is 0.427 bits per heavy atom. The Balaban J connectivity index is 4.09. The van der Waals surface area contributed by atoms with E-state index in [1.165, 1.54) is 205 Å². The molecule has 3 atom stereocenters. The monoisotopic (exact) mass is 1170 g/mol. The maximum atomic E-state index is 13.1. The van der Waals surface area contributed by atoms with Crippen LogP contribution in [0.25, 0.3) is 0 Å². The second kappa shape index (κ2) is 63.2. The van der Waals surface area contributed by atoms with Crippen molar-refractivity contribution in [2.75, 3.05) is 40.9 Å². The van der Waals surface area contributed by atoms with Crippen molar-refractivity contribution in [2.45, 2.75) is 334 Å². The van der Waals surface area contributed by atoms with Gasteiger partial charge in [0.05, 0.1) is 39.9 Å². The summed E-state index contributed by atoms with van der Waals surface area (Å²) >= 11 is 0. The largest absolute Gasteiger partial charge is 0.472 e. The average molecular weight is 1170 g/mol. The van der Waals surface area contributed by atoms with E-state index in [0.717, 1.165) is 89.9 Å². The molecular weight excluding hydrogens is 1030 g/mol. The molecule has 0 radical (unpaired) electrons. The number of phosphoric ester groups is 1. The smallest absolute Gasteiger partial charge is 0.391 e. The summed E-state index contributed by atoms with van der Waals surface area (Å²) in [7, 11) is 1.61. The van der Waals surface area contributed by atoms with Gasteiger partial charge >= 0.3 is 7.82 Å². The average Bonchev–Trinajstić information content (AvgIpc) is 3.47. The number of allylic oxidation sites excluding steroid dienone is 14. The molecule has 0 aromatic rings. The molecule has 0 aromatic heterocycles. The van der Waals surface area contributed by atoms with E-state index in [1.54, 1.807) is 0 Å². The molecule has 8 nitrogen and oxygen atoms in total. The fourth-order valence-electron chi connectivity index (χ4n) is 10.3. The number of hydrogen-bond acceptors (Lipinski definition) is 5. The van der Waals surface area contributed by atoms with Gasteiger partial charge in [-0.2, -0.15) is 0 Å². The number of carbonyl (C=O) groups is 1. The molecule has 0 saturated heterocycles. The lowest BCUT2D eigenvalue weighted by Gasteiger charge is -2.26. The van der Waals surface area contributed by atoms with E-state index in [0.29, 0.717) is 23.9 Å². The third-order valence-electron chi connectivity index (χ3n) is 15.7. The minimum absolute atomic E-state index is 0.0704. The number of unbranched alkanes of at least 4 members (excludes halogenated alkanes) is 37. The Labute approximate surface area is 509 Å². The molecule has 0 aliphatic carbocycles. The molecule has 82 heavy (non-hydrogen) atoms. The minimum Gasteiger partial charge on any atom is -0.391 e. The van der Waals surface area contributed by atoms with Crippen LogP contribution in [0.15, 0.2) is 85.1 Å². The molecule has 3 N–H and O–H groups in total. The highest BCUT2D eigenvalue weighted by atomic mass is 31.2. The van der Waals surface area contributed by atoms with Gasteiger partial charge in [0.2, 0.25) is 5.91 Å². The molecule has 0 rings (SSSR count). The van der Waals surface area contributed by atoms with E-state index < -0.39 is 20.0 Å². The summed E-state index contributed by atoms with van der Waals surface area (Å²) in [5.74, 6) is -0.150. The molecule has 0 aliphatic heterocycles. The summed E-state index contributed by atoms with van der Waals surface area (Å²) < 4.78 is 23.9. The molecular formula is C73H136N2O6P+.